The van der Waals surface area contributed by atoms with E-state index < -0.39 is 0 Å². The van der Waals surface area contributed by atoms with Crippen LogP contribution < -0.4 is 0 Å². The SMILES string of the molecule is O=C(c1ccc(-c2ccc3c(c2)C=CC3)cc1)N1CCN(C(=O)C2CCO2)CC1. The molecule has 0 spiro atoms. The maximum absolute atomic E-state index is 12.9. The van der Waals surface area contributed by atoms with Crippen LogP contribution in [0, 0.1) is 0 Å². The van der Waals surface area contributed by atoms with E-state index in [1.54, 1.807) is 0 Å². The molecule has 5 nitrogen and oxygen atoms in total. The number of allylic oxidation sites excluding steroid dienone is 1. The van der Waals surface area contributed by atoms with E-state index in [1.165, 1.54) is 16.7 Å². The molecule has 1 unspecified atom stereocenters. The van der Waals surface area contributed by atoms with Gasteiger partial charge in [0, 0.05) is 38.2 Å². The third kappa shape index (κ3) is 3.47. The fourth-order valence-electron chi connectivity index (χ4n) is 4.18. The van der Waals surface area contributed by atoms with E-state index in [2.05, 4.69) is 30.4 Å². The lowest BCUT2D eigenvalue weighted by Gasteiger charge is -2.38. The Morgan fingerprint density at radius 1 is 0.897 bits per heavy atom. The number of hydrogen-bond donors (Lipinski definition) is 0. The van der Waals surface area contributed by atoms with Crippen molar-refractivity contribution in [2.24, 2.45) is 0 Å². The Kier molecular flexibility index (Phi) is 4.68. The highest BCUT2D eigenvalue weighted by Gasteiger charge is 2.33. The van der Waals surface area contributed by atoms with Crippen molar-refractivity contribution in [3.05, 3.63) is 65.2 Å². The Hall–Kier alpha value is -2.92. The predicted molar refractivity (Wildman–Crippen MR) is 111 cm³/mol. The Bertz CT molecular complexity index is 968. The van der Waals surface area contributed by atoms with E-state index >= 15 is 0 Å². The second-order valence-electron chi connectivity index (χ2n) is 7.86. The molecule has 0 radical (unpaired) electrons. The number of hydrogen-bond acceptors (Lipinski definition) is 3. The summed E-state index contributed by atoms with van der Waals surface area (Å²) >= 11 is 0. The summed E-state index contributed by atoms with van der Waals surface area (Å²) in [6.45, 7) is 2.95. The van der Waals surface area contributed by atoms with Gasteiger partial charge in [-0.05, 0) is 46.9 Å². The molecule has 0 saturated carbocycles. The van der Waals surface area contributed by atoms with Crippen LogP contribution in [0.5, 0.6) is 0 Å². The highest BCUT2D eigenvalue weighted by Crippen LogP contribution is 2.27. The van der Waals surface area contributed by atoms with Gasteiger partial charge in [-0.3, -0.25) is 9.59 Å². The first-order valence-corrected chi connectivity index (χ1v) is 10.3. The molecule has 2 heterocycles. The number of rotatable bonds is 3. The zero-order chi connectivity index (χ0) is 19.8. The number of carbonyl (C=O) groups excluding carboxylic acids is 2. The molecule has 0 bridgehead atoms. The molecule has 29 heavy (non-hydrogen) atoms. The number of amides is 2. The van der Waals surface area contributed by atoms with Gasteiger partial charge in [0.1, 0.15) is 6.10 Å². The van der Waals surface area contributed by atoms with Crippen molar-refractivity contribution in [3.8, 4) is 11.1 Å². The minimum Gasteiger partial charge on any atom is -0.368 e. The summed E-state index contributed by atoms with van der Waals surface area (Å²) < 4.78 is 5.29. The first-order valence-electron chi connectivity index (χ1n) is 10.3. The molecule has 1 atom stereocenters. The van der Waals surface area contributed by atoms with E-state index in [1.807, 2.05) is 34.1 Å². The second-order valence-corrected chi connectivity index (χ2v) is 7.86. The van der Waals surface area contributed by atoms with Crippen LogP contribution in [0.4, 0.5) is 0 Å². The molecule has 5 heteroatoms. The van der Waals surface area contributed by atoms with Gasteiger partial charge in [-0.2, -0.15) is 0 Å². The summed E-state index contributed by atoms with van der Waals surface area (Å²) in [5.74, 6) is 0.0947. The normalized spacial score (nSPS) is 20.3. The molecule has 5 rings (SSSR count). The number of fused-ring (bicyclic) bond motifs is 1. The van der Waals surface area contributed by atoms with Gasteiger partial charge >= 0.3 is 0 Å². The quantitative estimate of drug-likeness (QED) is 0.812. The summed E-state index contributed by atoms with van der Waals surface area (Å²) in [5, 5.41) is 0. The van der Waals surface area contributed by atoms with Crippen LogP contribution in [0.1, 0.15) is 27.9 Å². The van der Waals surface area contributed by atoms with E-state index in [4.69, 9.17) is 4.74 Å². The van der Waals surface area contributed by atoms with Gasteiger partial charge < -0.3 is 14.5 Å². The molecule has 148 valence electrons. The Balaban J connectivity index is 1.23. The summed E-state index contributed by atoms with van der Waals surface area (Å²) in [7, 11) is 0. The number of benzene rings is 2. The van der Waals surface area contributed by atoms with Crippen molar-refractivity contribution < 1.29 is 14.3 Å². The Morgan fingerprint density at radius 3 is 2.28 bits per heavy atom. The second kappa shape index (κ2) is 7.48. The zero-order valence-electron chi connectivity index (χ0n) is 16.3. The van der Waals surface area contributed by atoms with E-state index in [0.29, 0.717) is 38.3 Å². The van der Waals surface area contributed by atoms with E-state index in [0.717, 1.165) is 18.4 Å². The average molecular weight is 388 g/mol. The van der Waals surface area contributed by atoms with Crippen LogP contribution in [0.25, 0.3) is 17.2 Å². The van der Waals surface area contributed by atoms with E-state index in [9.17, 15) is 9.59 Å². The van der Waals surface area contributed by atoms with Crippen LogP contribution in [0.15, 0.2) is 48.5 Å². The summed E-state index contributed by atoms with van der Waals surface area (Å²) in [4.78, 5) is 28.8. The zero-order valence-corrected chi connectivity index (χ0v) is 16.3. The van der Waals surface area contributed by atoms with Crippen molar-refractivity contribution in [2.45, 2.75) is 18.9 Å². The largest absolute Gasteiger partial charge is 0.368 e. The maximum atomic E-state index is 12.9. The first kappa shape index (κ1) is 18.1. The van der Waals surface area contributed by atoms with Gasteiger partial charge in [0.15, 0.2) is 0 Å². The van der Waals surface area contributed by atoms with Crippen molar-refractivity contribution in [1.82, 2.24) is 9.80 Å². The van der Waals surface area contributed by atoms with Crippen LogP contribution in [0.2, 0.25) is 0 Å². The number of piperazine rings is 1. The average Bonchev–Trinajstić information content (AvgIpc) is 3.20. The minimum absolute atomic E-state index is 0.0282. The molecule has 1 aliphatic carbocycles. The van der Waals surface area contributed by atoms with Crippen LogP contribution >= 0.6 is 0 Å². The molecule has 2 aromatic carbocycles. The number of carbonyl (C=O) groups is 2. The van der Waals surface area contributed by atoms with Gasteiger partial charge in [-0.25, -0.2) is 0 Å². The van der Waals surface area contributed by atoms with Gasteiger partial charge in [0.05, 0.1) is 6.61 Å². The molecule has 2 saturated heterocycles. The molecule has 0 N–H and O–H groups in total. The fraction of sp³-hybridized carbons (Fsp3) is 0.333. The first-order chi connectivity index (χ1) is 14.2. The Morgan fingerprint density at radius 2 is 1.59 bits per heavy atom. The monoisotopic (exact) mass is 388 g/mol. The van der Waals surface area contributed by atoms with Gasteiger partial charge in [-0.1, -0.05) is 36.4 Å². The van der Waals surface area contributed by atoms with Crippen molar-refractivity contribution in [2.75, 3.05) is 32.8 Å². The van der Waals surface area contributed by atoms with Gasteiger partial charge in [-0.15, -0.1) is 0 Å². The van der Waals surface area contributed by atoms with Crippen LogP contribution in [-0.4, -0.2) is 60.5 Å². The molecular formula is C24H24N2O3. The maximum Gasteiger partial charge on any atom is 0.253 e. The number of nitrogens with zero attached hydrogens (tertiary/aromatic N) is 2. The Labute approximate surface area is 170 Å². The molecule has 0 aromatic heterocycles. The lowest BCUT2D eigenvalue weighted by atomic mass is 9.99. The van der Waals surface area contributed by atoms with Crippen LogP contribution in [-0.2, 0) is 16.0 Å². The molecule has 2 fully saturated rings. The van der Waals surface area contributed by atoms with E-state index in [-0.39, 0.29) is 17.9 Å². The topological polar surface area (TPSA) is 49.9 Å². The molecular weight excluding hydrogens is 364 g/mol. The standard InChI is InChI=1S/C24H24N2O3/c27-23(25-11-13-26(14-12-25)24(28)22-10-15-29-22)19-7-4-18(5-8-19)21-9-6-17-2-1-3-20(17)16-21/h1,3-9,16,22H,2,10-15H2. The van der Waals surface area contributed by atoms with Crippen molar-refractivity contribution in [3.63, 3.8) is 0 Å². The van der Waals surface area contributed by atoms with Crippen molar-refractivity contribution >= 4 is 17.9 Å². The highest BCUT2D eigenvalue weighted by molar-refractivity contribution is 5.95. The fourth-order valence-corrected chi connectivity index (χ4v) is 4.18. The third-order valence-corrected chi connectivity index (χ3v) is 6.10. The van der Waals surface area contributed by atoms with Gasteiger partial charge in [0.2, 0.25) is 0 Å². The summed E-state index contributed by atoms with van der Waals surface area (Å²) in [6.07, 6.45) is 5.90. The molecule has 3 aliphatic rings. The molecule has 2 aliphatic heterocycles. The lowest BCUT2D eigenvalue weighted by molar-refractivity contribution is -0.157. The third-order valence-electron chi connectivity index (χ3n) is 6.10. The number of ether oxygens (including phenoxy) is 1. The predicted octanol–water partition coefficient (Wildman–Crippen LogP) is 3.00. The van der Waals surface area contributed by atoms with Crippen LogP contribution in [0.3, 0.4) is 0 Å². The minimum atomic E-state index is -0.264. The van der Waals surface area contributed by atoms with Crippen molar-refractivity contribution in [1.29, 1.82) is 0 Å². The summed E-state index contributed by atoms with van der Waals surface area (Å²) in [5.41, 5.74) is 5.61. The molecule has 2 amide bonds. The molecule has 2 aromatic rings. The van der Waals surface area contributed by atoms with Gasteiger partial charge in [0.25, 0.3) is 11.8 Å². The lowest BCUT2D eigenvalue weighted by Crippen LogP contribution is -2.54. The smallest absolute Gasteiger partial charge is 0.253 e. The summed E-state index contributed by atoms with van der Waals surface area (Å²) in [6, 6.07) is 14.4. The highest BCUT2D eigenvalue weighted by atomic mass is 16.5.